The van der Waals surface area contributed by atoms with Crippen LogP contribution < -0.4 is 5.56 Å². The van der Waals surface area contributed by atoms with Crippen LogP contribution in [-0.2, 0) is 31.4 Å². The summed E-state index contributed by atoms with van der Waals surface area (Å²) in [5, 5.41) is 3.41. The lowest BCUT2D eigenvalue weighted by molar-refractivity contribution is 0.699. The Kier molecular flexibility index (Phi) is 5.93. The lowest BCUT2D eigenvalue weighted by atomic mass is 9.97. The van der Waals surface area contributed by atoms with Gasteiger partial charge in [-0.05, 0) is 54.9 Å². The van der Waals surface area contributed by atoms with Gasteiger partial charge in [-0.15, -0.1) is 23.1 Å². The van der Waals surface area contributed by atoms with E-state index >= 15 is 0 Å². The Bertz CT molecular complexity index is 1540. The highest BCUT2D eigenvalue weighted by Crippen LogP contribution is 2.40. The molecule has 0 saturated carbocycles. The van der Waals surface area contributed by atoms with Crippen molar-refractivity contribution in [2.45, 2.75) is 49.3 Å². The zero-order valence-electron chi connectivity index (χ0n) is 18.8. The molecule has 0 aliphatic heterocycles. The van der Waals surface area contributed by atoms with Gasteiger partial charge in [0.15, 0.2) is 0 Å². The number of thioether (sulfide) groups is 1. The Hall–Kier alpha value is -2.96. The molecule has 2 aromatic carbocycles. The largest absolute Gasteiger partial charge is 0.322 e. The van der Waals surface area contributed by atoms with Crippen LogP contribution in [0.5, 0.6) is 0 Å². The van der Waals surface area contributed by atoms with Gasteiger partial charge in [-0.3, -0.25) is 4.79 Å². The summed E-state index contributed by atoms with van der Waals surface area (Å²) >= 11 is 3.60. The highest BCUT2D eigenvalue weighted by molar-refractivity contribution is 7.98. The van der Waals surface area contributed by atoms with Crippen molar-refractivity contribution in [2.24, 2.45) is 0 Å². The first-order valence-electron chi connectivity index (χ1n) is 11.8. The first-order valence-corrected chi connectivity index (χ1v) is 13.6. The number of fused-ring (bicyclic) bond motifs is 4. The number of aromatic nitrogens is 3. The summed E-state index contributed by atoms with van der Waals surface area (Å²) in [6, 6.07) is 20.3. The Morgan fingerprint density at radius 1 is 0.941 bits per heavy atom. The number of hydrogen-bond donors (Lipinski definition) is 1. The molecular formula is C28H25N3OS2. The zero-order valence-corrected chi connectivity index (χ0v) is 20.5. The molecule has 1 aliphatic carbocycles. The second-order valence-corrected chi connectivity index (χ2v) is 10.9. The van der Waals surface area contributed by atoms with Crippen molar-refractivity contribution in [1.82, 2.24) is 15.0 Å². The number of thiophene rings is 1. The van der Waals surface area contributed by atoms with Crippen LogP contribution in [0.4, 0.5) is 0 Å². The number of pyridine rings is 1. The molecule has 0 amide bonds. The van der Waals surface area contributed by atoms with Crippen molar-refractivity contribution >= 4 is 44.2 Å². The van der Waals surface area contributed by atoms with Crippen LogP contribution in [0.15, 0.2) is 70.5 Å². The van der Waals surface area contributed by atoms with Gasteiger partial charge in [0, 0.05) is 39.4 Å². The zero-order chi connectivity index (χ0) is 22.9. The van der Waals surface area contributed by atoms with Crippen LogP contribution >= 0.6 is 23.1 Å². The van der Waals surface area contributed by atoms with Crippen molar-refractivity contribution in [3.8, 4) is 0 Å². The minimum atomic E-state index is -0.0569. The fourth-order valence-electron chi connectivity index (χ4n) is 4.83. The Labute approximate surface area is 206 Å². The van der Waals surface area contributed by atoms with Gasteiger partial charge in [-0.2, -0.15) is 0 Å². The molecule has 34 heavy (non-hydrogen) atoms. The summed E-state index contributed by atoms with van der Waals surface area (Å²) in [6.45, 7) is 0. The molecule has 4 nitrogen and oxygen atoms in total. The minimum Gasteiger partial charge on any atom is -0.322 e. The van der Waals surface area contributed by atoms with E-state index in [9.17, 15) is 4.79 Å². The maximum absolute atomic E-state index is 12.3. The molecule has 5 aromatic rings. The third-order valence-corrected chi connectivity index (χ3v) is 8.72. The molecule has 1 N–H and O–H groups in total. The van der Waals surface area contributed by atoms with Crippen LogP contribution in [0.1, 0.15) is 40.2 Å². The van der Waals surface area contributed by atoms with E-state index in [1.807, 2.05) is 29.5 Å². The Morgan fingerprint density at radius 2 is 1.76 bits per heavy atom. The molecule has 170 valence electrons. The summed E-state index contributed by atoms with van der Waals surface area (Å²) in [4.78, 5) is 27.9. The molecule has 3 aromatic heterocycles. The molecule has 0 radical (unpaired) electrons. The van der Waals surface area contributed by atoms with Gasteiger partial charge >= 0.3 is 0 Å². The van der Waals surface area contributed by atoms with Gasteiger partial charge in [0.25, 0.3) is 0 Å². The fourth-order valence-corrected chi connectivity index (χ4v) is 7.24. The van der Waals surface area contributed by atoms with Crippen LogP contribution in [0, 0.1) is 0 Å². The third-order valence-electron chi connectivity index (χ3n) is 6.51. The van der Waals surface area contributed by atoms with Crippen molar-refractivity contribution in [3.05, 3.63) is 98.4 Å². The number of hydrogen-bond acceptors (Lipinski definition) is 5. The van der Waals surface area contributed by atoms with E-state index in [-0.39, 0.29) is 5.56 Å². The van der Waals surface area contributed by atoms with Crippen LogP contribution in [0.25, 0.3) is 21.1 Å². The summed E-state index contributed by atoms with van der Waals surface area (Å²) in [7, 11) is 0. The van der Waals surface area contributed by atoms with E-state index in [0.29, 0.717) is 5.75 Å². The average Bonchev–Trinajstić information content (AvgIpc) is 3.25. The molecule has 0 spiro atoms. The maximum atomic E-state index is 12.3. The smallest absolute Gasteiger partial charge is 0.248 e. The number of para-hydroxylation sites is 1. The highest BCUT2D eigenvalue weighted by atomic mass is 32.2. The predicted octanol–water partition coefficient (Wildman–Crippen LogP) is 6.49. The van der Waals surface area contributed by atoms with Crippen molar-refractivity contribution in [2.75, 3.05) is 0 Å². The van der Waals surface area contributed by atoms with E-state index in [4.69, 9.17) is 9.97 Å². The molecular weight excluding hydrogens is 458 g/mol. The summed E-state index contributed by atoms with van der Waals surface area (Å²) in [5.74, 6) is 1.62. The number of aromatic amines is 1. The Balaban J connectivity index is 1.37. The fraction of sp³-hybridized carbons (Fsp3) is 0.250. The lowest BCUT2D eigenvalue weighted by Crippen LogP contribution is -2.06. The molecule has 6 heteroatoms. The monoisotopic (exact) mass is 483 g/mol. The molecule has 6 rings (SSSR count). The minimum absolute atomic E-state index is 0.0569. The molecule has 1 aliphatic rings. The second-order valence-electron chi connectivity index (χ2n) is 8.81. The second kappa shape index (κ2) is 9.35. The van der Waals surface area contributed by atoms with Gasteiger partial charge in [0.2, 0.25) is 5.56 Å². The van der Waals surface area contributed by atoms with E-state index in [1.54, 1.807) is 17.8 Å². The molecule has 0 bridgehead atoms. The van der Waals surface area contributed by atoms with Crippen LogP contribution in [0.3, 0.4) is 0 Å². The molecule has 0 fully saturated rings. The average molecular weight is 484 g/mol. The first kappa shape index (κ1) is 21.6. The van der Waals surface area contributed by atoms with Crippen LogP contribution in [-0.4, -0.2) is 15.0 Å². The van der Waals surface area contributed by atoms with Gasteiger partial charge in [0.1, 0.15) is 15.7 Å². The standard InChI is InChI=1S/C28H25N3OS2/c32-25-16-19(20-10-4-6-12-22(20)29-25)17-33-27-26-21-11-5-7-13-23(21)34-28(26)31-24(30-27)15-14-18-8-2-1-3-9-18/h1-4,6,8-10,12,16H,5,7,11,13-15,17H2,(H,29,32). The number of benzene rings is 2. The van der Waals surface area contributed by atoms with Crippen molar-refractivity contribution in [1.29, 1.82) is 0 Å². The summed E-state index contributed by atoms with van der Waals surface area (Å²) in [6.07, 6.45) is 6.51. The molecule has 0 atom stereocenters. The quantitative estimate of drug-likeness (QED) is 0.222. The first-order chi connectivity index (χ1) is 16.7. The summed E-state index contributed by atoms with van der Waals surface area (Å²) < 4.78 is 0. The van der Waals surface area contributed by atoms with Gasteiger partial charge < -0.3 is 4.98 Å². The number of H-pyrrole nitrogens is 1. The predicted molar refractivity (Wildman–Crippen MR) is 142 cm³/mol. The number of nitrogens with one attached hydrogen (secondary N) is 1. The Morgan fingerprint density at radius 3 is 2.68 bits per heavy atom. The van der Waals surface area contributed by atoms with Gasteiger partial charge in [-0.1, -0.05) is 48.5 Å². The highest BCUT2D eigenvalue weighted by Gasteiger charge is 2.21. The maximum Gasteiger partial charge on any atom is 0.248 e. The third kappa shape index (κ3) is 4.28. The van der Waals surface area contributed by atoms with Crippen molar-refractivity contribution < 1.29 is 0 Å². The number of nitrogens with zero attached hydrogens (tertiary/aromatic N) is 2. The topological polar surface area (TPSA) is 58.6 Å². The van der Waals surface area contributed by atoms with Gasteiger partial charge in [-0.25, -0.2) is 9.97 Å². The normalized spacial score (nSPS) is 13.4. The molecule has 3 heterocycles. The van der Waals surface area contributed by atoms with Crippen molar-refractivity contribution in [3.63, 3.8) is 0 Å². The number of aryl methyl sites for hydroxylation is 4. The van der Waals surface area contributed by atoms with Gasteiger partial charge in [0.05, 0.1) is 0 Å². The molecule has 0 saturated heterocycles. The van der Waals surface area contributed by atoms with E-state index in [2.05, 4.69) is 41.4 Å². The summed E-state index contributed by atoms with van der Waals surface area (Å²) in [5.41, 5.74) is 4.64. The van der Waals surface area contributed by atoms with Crippen LogP contribution in [0.2, 0.25) is 0 Å². The van der Waals surface area contributed by atoms with E-state index in [0.717, 1.165) is 57.8 Å². The SMILES string of the molecule is O=c1cc(CSc2nc(CCc3ccccc3)nc3sc4c(c23)CCCC4)c2ccccc2[nH]1. The molecule has 0 unspecified atom stereocenters. The number of rotatable bonds is 6. The van der Waals surface area contributed by atoms with E-state index in [1.165, 1.54) is 34.2 Å². The lowest BCUT2D eigenvalue weighted by Gasteiger charge is -2.12. The van der Waals surface area contributed by atoms with E-state index < -0.39 is 0 Å².